The van der Waals surface area contributed by atoms with Crippen LogP contribution < -0.4 is 25.4 Å². The molecule has 4 atom stereocenters. The van der Waals surface area contributed by atoms with Gasteiger partial charge in [0.05, 0.1) is 30.8 Å². The van der Waals surface area contributed by atoms with E-state index < -0.39 is 59.4 Å². The maximum absolute atomic E-state index is 14.2. The molecule has 13 heteroatoms. The van der Waals surface area contributed by atoms with Crippen LogP contribution in [0.2, 0.25) is 0 Å². The third-order valence-corrected chi connectivity index (χ3v) is 10.5. The fraction of sp³-hybridized carbons (Fsp3) is 0.522. The third-order valence-electron chi connectivity index (χ3n) is 10.5. The first-order valence-corrected chi connectivity index (χ1v) is 20.9. The number of fused-ring (bicyclic) bond motifs is 1. The second-order valence-electron chi connectivity index (χ2n) is 16.8. The third kappa shape index (κ3) is 12.5. The molecule has 0 saturated heterocycles. The van der Waals surface area contributed by atoms with Crippen molar-refractivity contribution in [1.82, 2.24) is 20.9 Å². The van der Waals surface area contributed by atoms with Crippen LogP contribution in [0.1, 0.15) is 92.9 Å². The first-order chi connectivity index (χ1) is 28.1. The van der Waals surface area contributed by atoms with Crippen molar-refractivity contribution in [2.75, 3.05) is 20.3 Å². The fourth-order valence-electron chi connectivity index (χ4n) is 7.46. The maximum atomic E-state index is 14.2. The number of methoxy groups -OCH3 is 1. The van der Waals surface area contributed by atoms with Crippen LogP contribution in [-0.4, -0.2) is 78.7 Å². The van der Waals surface area contributed by atoms with Crippen molar-refractivity contribution >= 4 is 40.6 Å². The maximum Gasteiger partial charge on any atom is 0.329 e. The highest BCUT2D eigenvalue weighted by atomic mass is 16.6. The normalized spacial score (nSPS) is 18.0. The molecule has 0 aliphatic heterocycles. The topological polar surface area (TPSA) is 171 Å². The smallest absolute Gasteiger partial charge is 0.329 e. The molecule has 2 aromatic carbocycles. The van der Waals surface area contributed by atoms with Crippen LogP contribution in [0.15, 0.2) is 66.2 Å². The lowest BCUT2D eigenvalue weighted by Crippen LogP contribution is -2.52. The van der Waals surface area contributed by atoms with Crippen molar-refractivity contribution in [3.8, 4) is 22.8 Å². The number of pyridine rings is 1. The van der Waals surface area contributed by atoms with Gasteiger partial charge in [0, 0.05) is 35.1 Å². The predicted octanol–water partition coefficient (Wildman–Crippen LogP) is 6.61. The zero-order chi connectivity index (χ0) is 42.7. The van der Waals surface area contributed by atoms with Gasteiger partial charge in [0.15, 0.2) is 0 Å². The standard InChI is InChI=1S/C46H60N4O9/c1-8-15-36(45(55)59-46(4,5)6)49-42(52)34-22-32(58-39-25-37(30-18-13-10-14-19-30)48-38-24-31(56-7)20-21-33(38)39)23-35(34)43(53)50-41(28(2)3)44(54)47-26-40(51)57-27-29-16-11-9-12-17-29/h10,13-14,18-21,23-25,28-29,32,34,36,41H,8-9,11-12,15-17,22,26-27H2,1-7H3,(H,47,54)(H,49,52)(H,50,53)/t32-,34-,36+,41+/m1/s1. The Balaban J connectivity index is 1.40. The molecule has 3 N–H and O–H groups in total. The van der Waals surface area contributed by atoms with Crippen LogP contribution in [0.4, 0.5) is 0 Å². The van der Waals surface area contributed by atoms with Gasteiger partial charge in [-0.2, -0.15) is 0 Å². The van der Waals surface area contributed by atoms with Crippen LogP contribution in [0, 0.1) is 17.8 Å². The lowest BCUT2D eigenvalue weighted by atomic mass is 9.90. The molecule has 3 aromatic rings. The summed E-state index contributed by atoms with van der Waals surface area (Å²) in [5, 5.41) is 8.98. The number of amides is 3. The molecule has 5 rings (SSSR count). The number of rotatable bonds is 17. The molecule has 1 saturated carbocycles. The highest BCUT2D eigenvalue weighted by Crippen LogP contribution is 2.36. The van der Waals surface area contributed by atoms with Crippen LogP contribution >= 0.6 is 0 Å². The molecule has 2 aliphatic carbocycles. The molecule has 0 unspecified atom stereocenters. The minimum absolute atomic E-state index is 0.0633. The van der Waals surface area contributed by atoms with Crippen molar-refractivity contribution in [3.63, 3.8) is 0 Å². The average molecular weight is 813 g/mol. The van der Waals surface area contributed by atoms with Crippen LogP contribution in [-0.2, 0) is 33.4 Å². The Morgan fingerprint density at radius 3 is 2.32 bits per heavy atom. The molecule has 1 aromatic heterocycles. The number of benzene rings is 2. The number of ether oxygens (including phenoxy) is 4. The summed E-state index contributed by atoms with van der Waals surface area (Å²) in [6.07, 6.45) is 7.28. The van der Waals surface area contributed by atoms with Gasteiger partial charge in [-0.05, 0) is 70.1 Å². The number of esters is 2. The van der Waals surface area contributed by atoms with Crippen LogP contribution in [0.25, 0.3) is 22.2 Å². The number of hydrogen-bond acceptors (Lipinski definition) is 10. The van der Waals surface area contributed by atoms with E-state index in [1.54, 1.807) is 53.9 Å². The van der Waals surface area contributed by atoms with Gasteiger partial charge < -0.3 is 34.9 Å². The summed E-state index contributed by atoms with van der Waals surface area (Å²) in [6, 6.07) is 14.9. The van der Waals surface area contributed by atoms with Crippen molar-refractivity contribution in [2.24, 2.45) is 17.8 Å². The minimum atomic E-state index is -1.05. The summed E-state index contributed by atoms with van der Waals surface area (Å²) in [4.78, 5) is 72.6. The number of hydrogen-bond donors (Lipinski definition) is 3. The van der Waals surface area contributed by atoms with E-state index in [9.17, 15) is 24.0 Å². The van der Waals surface area contributed by atoms with Gasteiger partial charge in [-0.3, -0.25) is 19.2 Å². The quantitative estimate of drug-likeness (QED) is 0.126. The lowest BCUT2D eigenvalue weighted by molar-refractivity contribution is -0.159. The van der Waals surface area contributed by atoms with Crippen molar-refractivity contribution in [3.05, 3.63) is 66.2 Å². The van der Waals surface area contributed by atoms with Gasteiger partial charge in [0.25, 0.3) is 0 Å². The Bertz CT molecular complexity index is 1990. The van der Waals surface area contributed by atoms with Gasteiger partial charge in [0.1, 0.15) is 41.8 Å². The number of carbonyl (C=O) groups excluding carboxylic acids is 5. The molecule has 3 amide bonds. The molecule has 2 aliphatic rings. The Morgan fingerprint density at radius 2 is 1.66 bits per heavy atom. The zero-order valence-electron chi connectivity index (χ0n) is 35.4. The molecule has 0 radical (unpaired) electrons. The molecule has 1 heterocycles. The van der Waals surface area contributed by atoms with Crippen molar-refractivity contribution in [2.45, 2.75) is 117 Å². The molecule has 318 valence electrons. The minimum Gasteiger partial charge on any atom is -0.497 e. The van der Waals surface area contributed by atoms with Crippen molar-refractivity contribution < 1.29 is 42.9 Å². The second kappa shape index (κ2) is 20.5. The Morgan fingerprint density at radius 1 is 0.932 bits per heavy atom. The Kier molecular flexibility index (Phi) is 15.5. The number of nitrogens with zero attached hydrogens (tertiary/aromatic N) is 1. The van der Waals surface area contributed by atoms with E-state index in [1.807, 2.05) is 55.5 Å². The highest BCUT2D eigenvalue weighted by Gasteiger charge is 2.40. The highest BCUT2D eigenvalue weighted by molar-refractivity contribution is 6.03. The van der Waals surface area contributed by atoms with Gasteiger partial charge in [-0.1, -0.05) is 76.8 Å². The Labute approximate surface area is 347 Å². The summed E-state index contributed by atoms with van der Waals surface area (Å²) >= 11 is 0. The first kappa shape index (κ1) is 44.6. The molecule has 0 bridgehead atoms. The summed E-state index contributed by atoms with van der Waals surface area (Å²) in [6.45, 7) is 10.7. The number of aromatic nitrogens is 1. The van der Waals surface area contributed by atoms with Crippen LogP contribution in [0.3, 0.4) is 0 Å². The summed E-state index contributed by atoms with van der Waals surface area (Å²) in [5.41, 5.74) is 1.44. The van der Waals surface area contributed by atoms with E-state index in [1.165, 1.54) is 6.42 Å². The SMILES string of the molecule is CCC[C@H](NC(=O)[C@@H]1C[C@@H](Oc2cc(-c3ccccc3)nc3cc(OC)ccc23)C=C1C(=O)N[C@H](C(=O)NCC(=O)OCC1CCCCC1)C(C)C)C(=O)OC(C)(C)C. The lowest BCUT2D eigenvalue weighted by Gasteiger charge is -2.26. The molecule has 13 nitrogen and oxygen atoms in total. The van der Waals surface area contributed by atoms with Gasteiger partial charge in [-0.25, -0.2) is 9.78 Å². The molecular formula is C46H60N4O9. The largest absolute Gasteiger partial charge is 0.497 e. The molecular weight excluding hydrogens is 753 g/mol. The monoisotopic (exact) mass is 812 g/mol. The van der Waals surface area contributed by atoms with E-state index in [2.05, 4.69) is 16.0 Å². The molecule has 59 heavy (non-hydrogen) atoms. The van der Waals surface area contributed by atoms with E-state index in [0.717, 1.165) is 31.2 Å². The van der Waals surface area contributed by atoms with E-state index >= 15 is 0 Å². The van der Waals surface area contributed by atoms with E-state index in [4.69, 9.17) is 23.9 Å². The number of carbonyl (C=O) groups is 5. The second-order valence-corrected chi connectivity index (χ2v) is 16.8. The van der Waals surface area contributed by atoms with E-state index in [-0.39, 0.29) is 24.5 Å². The first-order valence-electron chi connectivity index (χ1n) is 20.9. The van der Waals surface area contributed by atoms with Gasteiger partial charge in [0.2, 0.25) is 17.7 Å². The number of nitrogens with one attached hydrogen (secondary N) is 3. The zero-order valence-corrected chi connectivity index (χ0v) is 35.4. The van der Waals surface area contributed by atoms with E-state index in [0.29, 0.717) is 53.5 Å². The van der Waals surface area contributed by atoms with Gasteiger partial charge >= 0.3 is 11.9 Å². The average Bonchev–Trinajstić information content (AvgIpc) is 3.64. The summed E-state index contributed by atoms with van der Waals surface area (Å²) < 4.78 is 23.2. The summed E-state index contributed by atoms with van der Waals surface area (Å²) in [7, 11) is 1.58. The fourth-order valence-corrected chi connectivity index (χ4v) is 7.46. The molecule has 0 spiro atoms. The predicted molar refractivity (Wildman–Crippen MR) is 224 cm³/mol. The van der Waals surface area contributed by atoms with Crippen molar-refractivity contribution in [1.29, 1.82) is 0 Å². The summed E-state index contributed by atoms with van der Waals surface area (Å²) in [5.74, 6) is -2.88. The Hall–Kier alpha value is -5.46. The van der Waals surface area contributed by atoms with Crippen LogP contribution in [0.5, 0.6) is 11.5 Å². The molecule has 1 fully saturated rings. The van der Waals surface area contributed by atoms with Gasteiger partial charge in [-0.15, -0.1) is 0 Å².